The van der Waals surface area contributed by atoms with Crippen LogP contribution in [0.4, 0.5) is 8.78 Å². The summed E-state index contributed by atoms with van der Waals surface area (Å²) in [6.45, 7) is 7.31. The number of carbonyl (C=O) groups is 8. The van der Waals surface area contributed by atoms with Crippen LogP contribution in [0.15, 0.2) is 85.2 Å². The lowest BCUT2D eigenvalue weighted by atomic mass is 9.82. The number of carbonyl (C=O) groups excluding carboxylic acids is 8. The predicted octanol–water partition coefficient (Wildman–Crippen LogP) is 10.5. The number of ketones is 2. The molecule has 0 spiro atoms. The van der Waals surface area contributed by atoms with Gasteiger partial charge in [0.2, 0.25) is 55.4 Å². The first-order valence-corrected chi connectivity index (χ1v) is 44.4. The first kappa shape index (κ1) is 82.9. The van der Waals surface area contributed by atoms with Crippen LogP contribution in [-0.2, 0) is 77.4 Å². The monoisotopic (exact) mass is 1650 g/mol. The number of rotatable bonds is 22. The summed E-state index contributed by atoms with van der Waals surface area (Å²) < 4.78 is 129. The second kappa shape index (κ2) is 32.5. The Bertz CT molecular complexity index is 4490. The Morgan fingerprint density at radius 1 is 0.534 bits per heavy atom. The van der Waals surface area contributed by atoms with Gasteiger partial charge in [0, 0.05) is 59.1 Å². The van der Waals surface area contributed by atoms with Gasteiger partial charge in [-0.25, -0.2) is 35.6 Å². The van der Waals surface area contributed by atoms with Crippen molar-refractivity contribution < 1.29 is 102 Å². The zero-order chi connectivity index (χ0) is 82.1. The topological polar surface area (TPSA) is 335 Å². The molecule has 628 valence electrons. The highest BCUT2D eigenvalue weighted by molar-refractivity contribution is 7.92. The van der Waals surface area contributed by atoms with Crippen LogP contribution in [0, 0.1) is 70.0 Å². The SMILES string of the molecule is COc1cnc(O[C@@H]2C[C@H]3C(=O)C[C@]4(C(=O)NS(=O)(=O)C5(CF)CC5)C[C@H]4/C=C\CC[C@@H](C)C[C@@H](C)[C@H](CC(=O)OC4(C5CC5)COC4)C(=O)N3C2)c2ccccc12.COc1cnc(O[C@@H]2C[C@H]3C(=O)C[C@]4(C(=O)NS(=O)(=O)C5(CF)CC5)C[C@H]4/C=C\CC[C@H](C)C[C@@H](C)[C@H](CC(=O)OC4(C5CC5)COC4)C(=O)N3C2)c2ccccc12. The standard InChI is InChI=1S/2C43H54FN3O10S/c2*1-26-8-4-5-9-29-19-42(29,40(51)46-58(52,53)41(23-44)14-15-41)20-35(48)34-17-30(56-38-32-11-7-6-10-31(32)36(54-3)21-45-38)22-47(34)39(50)33(27(2)16-26)18-37(49)57-43(24-55-25-43)28-12-13-28/h2*5-7,9-11,21,26-30,33-34H,4,8,12-20,22-25H2,1-3H3,(H,46,51)/b2*9-5-/t26-,27+,29+,30+,33-,34-,42+;26-,27-,29-,30-,33+,34+,42-/m01/s1. The molecular weight excluding hydrogens is 1540 g/mol. The number of benzene rings is 2. The predicted molar refractivity (Wildman–Crippen MR) is 420 cm³/mol. The Hall–Kier alpha value is -8.22. The summed E-state index contributed by atoms with van der Waals surface area (Å²) in [5, 5.41) is 2.91. The Balaban J connectivity index is 0.000000182. The molecule has 8 heterocycles. The van der Waals surface area contributed by atoms with Crippen LogP contribution >= 0.6 is 0 Å². The van der Waals surface area contributed by atoms with Gasteiger partial charge in [-0.3, -0.25) is 47.8 Å². The van der Waals surface area contributed by atoms with Gasteiger partial charge in [0.05, 0.1) is 114 Å². The maximum atomic E-state index is 15.0. The van der Waals surface area contributed by atoms with Crippen LogP contribution in [0.3, 0.4) is 0 Å². The van der Waals surface area contributed by atoms with E-state index in [2.05, 4.69) is 33.3 Å². The van der Waals surface area contributed by atoms with Crippen molar-refractivity contribution in [2.45, 2.75) is 214 Å². The molecule has 14 atom stereocenters. The Morgan fingerprint density at radius 2 is 0.905 bits per heavy atom. The van der Waals surface area contributed by atoms with Crippen molar-refractivity contribution >= 4 is 88.7 Å². The van der Waals surface area contributed by atoms with Crippen molar-refractivity contribution in [3.8, 4) is 23.3 Å². The normalized spacial score (nSPS) is 32.4. The van der Waals surface area contributed by atoms with E-state index in [0.29, 0.717) is 86.1 Å². The Kier molecular flexibility index (Phi) is 23.2. The van der Waals surface area contributed by atoms with Crippen LogP contribution in [0.25, 0.3) is 21.5 Å². The minimum Gasteiger partial charge on any atom is -0.494 e. The fourth-order valence-electron chi connectivity index (χ4n) is 19.1. The molecule has 26 nitrogen and oxygen atoms in total. The fraction of sp³-hybridized carbons (Fsp3) is 0.651. The van der Waals surface area contributed by atoms with E-state index in [-0.39, 0.29) is 137 Å². The van der Waals surface area contributed by atoms with Gasteiger partial charge < -0.3 is 47.7 Å². The number of hydrogen-bond donors (Lipinski definition) is 2. The van der Waals surface area contributed by atoms with E-state index in [1.165, 1.54) is 9.80 Å². The fourth-order valence-corrected chi connectivity index (χ4v) is 22.0. The van der Waals surface area contributed by atoms with Crippen molar-refractivity contribution in [3.63, 3.8) is 0 Å². The lowest BCUT2D eigenvalue weighted by Gasteiger charge is -2.41. The quantitative estimate of drug-likeness (QED) is 0.0545. The van der Waals surface area contributed by atoms with Gasteiger partial charge in [0.25, 0.3) is 0 Å². The minimum absolute atomic E-state index is 0.0148. The molecule has 12 aliphatic rings. The molecule has 0 radical (unpaired) electrons. The van der Waals surface area contributed by atoms with Crippen LogP contribution in [0.1, 0.15) is 169 Å². The molecule has 30 heteroatoms. The number of ether oxygens (including phenoxy) is 8. The highest BCUT2D eigenvalue weighted by atomic mass is 32.2. The molecule has 10 fully saturated rings. The first-order valence-electron chi connectivity index (χ1n) is 41.5. The molecule has 6 aliphatic heterocycles. The molecule has 4 aromatic rings. The molecule has 4 amide bonds. The summed E-state index contributed by atoms with van der Waals surface area (Å²) in [5.74, 6) is -4.61. The van der Waals surface area contributed by atoms with Gasteiger partial charge in [-0.1, -0.05) is 88.4 Å². The van der Waals surface area contributed by atoms with Crippen LogP contribution < -0.4 is 28.4 Å². The number of allylic oxidation sites excluding steroid dienone is 4. The number of sulfonamides is 2. The van der Waals surface area contributed by atoms with E-state index in [1.54, 1.807) is 26.6 Å². The van der Waals surface area contributed by atoms with Gasteiger partial charge in [0.15, 0.2) is 22.8 Å². The highest BCUT2D eigenvalue weighted by Crippen LogP contribution is 2.60. The number of fused-ring (bicyclic) bond motifs is 6. The number of hydrogen-bond acceptors (Lipinski definition) is 22. The van der Waals surface area contributed by atoms with Gasteiger partial charge >= 0.3 is 11.9 Å². The lowest BCUT2D eigenvalue weighted by molar-refractivity contribution is -0.222. The van der Waals surface area contributed by atoms with Crippen molar-refractivity contribution in [1.29, 1.82) is 0 Å². The van der Waals surface area contributed by atoms with E-state index in [4.69, 9.17) is 37.9 Å². The number of aromatic nitrogens is 2. The third-order valence-corrected chi connectivity index (χ3v) is 31.7. The van der Waals surface area contributed by atoms with E-state index in [1.807, 2.05) is 86.7 Å². The second-order valence-electron chi connectivity index (χ2n) is 35.9. The third kappa shape index (κ3) is 16.4. The maximum Gasteiger partial charge on any atom is 0.307 e. The number of Topliss-reactive ketones (excluding diaryl/α,β-unsaturated/α-hetero) is 2. The Labute approximate surface area is 675 Å². The lowest BCUT2D eigenvalue weighted by Crippen LogP contribution is -2.55. The molecule has 0 bridgehead atoms. The number of methoxy groups -OCH3 is 2. The van der Waals surface area contributed by atoms with Gasteiger partial charge in [-0.2, -0.15) is 0 Å². The number of nitrogens with one attached hydrogen (secondary N) is 2. The van der Waals surface area contributed by atoms with E-state index in [0.717, 1.165) is 49.3 Å². The van der Waals surface area contributed by atoms with E-state index in [9.17, 15) is 54.4 Å². The van der Waals surface area contributed by atoms with Crippen molar-refractivity contribution in [2.75, 3.05) is 67.1 Å². The molecule has 2 N–H and O–H groups in total. The molecular formula is C86H108F2N6O20S2. The van der Waals surface area contributed by atoms with E-state index >= 15 is 9.59 Å². The largest absolute Gasteiger partial charge is 0.494 e. The Morgan fingerprint density at radius 3 is 1.23 bits per heavy atom. The summed E-state index contributed by atoms with van der Waals surface area (Å²) in [6.07, 6.45) is 17.6. The maximum absolute atomic E-state index is 15.0. The van der Waals surface area contributed by atoms with Crippen LogP contribution in [0.2, 0.25) is 0 Å². The molecule has 116 heavy (non-hydrogen) atoms. The molecule has 6 aliphatic carbocycles. The molecule has 0 unspecified atom stereocenters. The third-order valence-electron chi connectivity index (χ3n) is 27.5. The van der Waals surface area contributed by atoms with Gasteiger partial charge in [-0.05, 0) is 150 Å². The summed E-state index contributed by atoms with van der Waals surface area (Å²) in [6, 6.07) is 12.8. The average Bonchev–Trinajstić information content (AvgIpc) is 1.56. The van der Waals surface area contributed by atoms with Gasteiger partial charge in [0.1, 0.15) is 46.6 Å². The molecule has 2 aromatic carbocycles. The number of amides is 4. The van der Waals surface area contributed by atoms with Crippen LogP contribution in [-0.4, -0.2) is 196 Å². The van der Waals surface area contributed by atoms with Crippen molar-refractivity contribution in [1.82, 2.24) is 29.2 Å². The summed E-state index contributed by atoms with van der Waals surface area (Å²) >= 11 is 0. The molecule has 4 saturated heterocycles. The summed E-state index contributed by atoms with van der Waals surface area (Å²) in [5.41, 5.74) is -4.10. The van der Waals surface area contributed by atoms with Crippen molar-refractivity contribution in [3.05, 3.63) is 85.2 Å². The summed E-state index contributed by atoms with van der Waals surface area (Å²) in [4.78, 5) is 127. The summed E-state index contributed by atoms with van der Waals surface area (Å²) in [7, 11) is -5.58. The van der Waals surface area contributed by atoms with Gasteiger partial charge in [-0.15, -0.1) is 0 Å². The molecule has 16 rings (SSSR count). The highest BCUT2D eigenvalue weighted by Gasteiger charge is 2.66. The average molecular weight is 1650 g/mol. The number of pyridine rings is 2. The van der Waals surface area contributed by atoms with E-state index < -0.39 is 148 Å². The number of esters is 2. The number of alkyl halides is 2. The number of nitrogens with zero attached hydrogens (tertiary/aromatic N) is 4. The second-order valence-corrected chi connectivity index (χ2v) is 40.1. The first-order chi connectivity index (χ1) is 55.5. The number of halogens is 2. The van der Waals surface area contributed by atoms with Crippen molar-refractivity contribution in [2.24, 2.45) is 70.0 Å². The molecule has 6 saturated carbocycles. The zero-order valence-corrected chi connectivity index (χ0v) is 68.5. The smallest absolute Gasteiger partial charge is 0.307 e. The molecule has 2 aromatic heterocycles. The minimum atomic E-state index is -4.34. The zero-order valence-electron chi connectivity index (χ0n) is 66.9. The van der Waals surface area contributed by atoms with Crippen LogP contribution in [0.5, 0.6) is 23.3 Å².